The van der Waals surface area contributed by atoms with Gasteiger partial charge < -0.3 is 15.6 Å². The SMILES string of the molecule is Cl.N#CCOc1ccc(C(=O)c2ccc(O)c(CN)c2)c(Cl)c1Cl. The molecule has 0 aliphatic heterocycles. The van der Waals surface area contributed by atoms with Crippen molar-refractivity contribution < 1.29 is 14.6 Å². The van der Waals surface area contributed by atoms with Crippen molar-refractivity contribution in [2.75, 3.05) is 6.61 Å². The summed E-state index contributed by atoms with van der Waals surface area (Å²) < 4.78 is 5.12. The van der Waals surface area contributed by atoms with Crippen molar-refractivity contribution in [2.24, 2.45) is 5.73 Å². The molecule has 0 spiro atoms. The van der Waals surface area contributed by atoms with Crippen molar-refractivity contribution in [1.29, 1.82) is 5.26 Å². The van der Waals surface area contributed by atoms with Gasteiger partial charge in [-0.1, -0.05) is 23.2 Å². The van der Waals surface area contributed by atoms with E-state index in [4.69, 9.17) is 38.9 Å². The highest BCUT2D eigenvalue weighted by molar-refractivity contribution is 6.45. The van der Waals surface area contributed by atoms with Crippen LogP contribution in [0.4, 0.5) is 0 Å². The van der Waals surface area contributed by atoms with Crippen LogP contribution in [0.3, 0.4) is 0 Å². The molecule has 0 bridgehead atoms. The number of halogens is 3. The standard InChI is InChI=1S/C16H12Cl2N2O3.ClH/c17-14-11(2-4-13(15(14)18)23-6-5-19)16(22)9-1-3-12(21)10(7-9)8-20;/h1-4,7,21H,6,8,20H2;1H. The Morgan fingerprint density at radius 1 is 1.25 bits per heavy atom. The molecule has 0 fully saturated rings. The number of carbonyl (C=O) groups excluding carboxylic acids is 1. The number of nitrogens with zero attached hydrogens (tertiary/aromatic N) is 1. The molecule has 2 aromatic carbocycles. The highest BCUT2D eigenvalue weighted by Crippen LogP contribution is 2.36. The zero-order valence-corrected chi connectivity index (χ0v) is 14.6. The lowest BCUT2D eigenvalue weighted by Crippen LogP contribution is -2.06. The van der Waals surface area contributed by atoms with Gasteiger partial charge in [0.25, 0.3) is 0 Å². The maximum Gasteiger partial charge on any atom is 0.194 e. The van der Waals surface area contributed by atoms with Crippen LogP contribution in [0.1, 0.15) is 21.5 Å². The van der Waals surface area contributed by atoms with E-state index in [2.05, 4.69) is 0 Å². The molecule has 0 saturated carbocycles. The summed E-state index contributed by atoms with van der Waals surface area (Å²) in [5.74, 6) is -0.116. The van der Waals surface area contributed by atoms with Crippen LogP contribution in [-0.4, -0.2) is 17.5 Å². The van der Waals surface area contributed by atoms with Gasteiger partial charge in [0.1, 0.15) is 22.6 Å². The van der Waals surface area contributed by atoms with Crippen LogP contribution >= 0.6 is 35.6 Å². The number of carbonyl (C=O) groups is 1. The Morgan fingerprint density at radius 2 is 1.96 bits per heavy atom. The van der Waals surface area contributed by atoms with Crippen LogP contribution in [0.15, 0.2) is 30.3 Å². The molecule has 8 heteroatoms. The molecule has 0 amide bonds. The van der Waals surface area contributed by atoms with E-state index in [-0.39, 0.29) is 58.4 Å². The molecule has 126 valence electrons. The number of benzene rings is 2. The van der Waals surface area contributed by atoms with Crippen LogP contribution < -0.4 is 10.5 Å². The van der Waals surface area contributed by atoms with Crippen LogP contribution in [0.25, 0.3) is 0 Å². The number of ether oxygens (including phenoxy) is 1. The highest BCUT2D eigenvalue weighted by atomic mass is 35.5. The molecular formula is C16H13Cl3N2O3. The Hall–Kier alpha value is -1.97. The van der Waals surface area contributed by atoms with Gasteiger partial charge in [-0.25, -0.2) is 0 Å². The van der Waals surface area contributed by atoms with E-state index < -0.39 is 0 Å². The lowest BCUT2D eigenvalue weighted by atomic mass is 10.0. The molecule has 0 aliphatic rings. The van der Waals surface area contributed by atoms with Gasteiger partial charge in [0.15, 0.2) is 12.4 Å². The Kier molecular flexibility index (Phi) is 7.33. The molecule has 0 aliphatic carbocycles. The van der Waals surface area contributed by atoms with Gasteiger partial charge in [-0.05, 0) is 30.3 Å². The normalized spacial score (nSPS) is 9.75. The van der Waals surface area contributed by atoms with Gasteiger partial charge in [0, 0.05) is 23.2 Å². The summed E-state index contributed by atoms with van der Waals surface area (Å²) in [6, 6.07) is 9.14. The Bertz CT molecular complexity index is 804. The fourth-order valence-corrected chi connectivity index (χ4v) is 2.44. The third-order valence-electron chi connectivity index (χ3n) is 3.15. The van der Waals surface area contributed by atoms with Gasteiger partial charge in [0.05, 0.1) is 5.02 Å². The first-order chi connectivity index (χ1) is 11.0. The first kappa shape index (κ1) is 20.1. The summed E-state index contributed by atoms with van der Waals surface area (Å²) in [5, 5.41) is 18.2. The van der Waals surface area contributed by atoms with E-state index in [9.17, 15) is 9.90 Å². The largest absolute Gasteiger partial charge is 0.508 e. The van der Waals surface area contributed by atoms with E-state index in [1.807, 2.05) is 6.07 Å². The van der Waals surface area contributed by atoms with Crippen molar-refractivity contribution in [3.63, 3.8) is 0 Å². The number of rotatable bonds is 5. The summed E-state index contributed by atoms with van der Waals surface area (Å²) in [7, 11) is 0. The minimum Gasteiger partial charge on any atom is -0.508 e. The summed E-state index contributed by atoms with van der Waals surface area (Å²) in [6.07, 6.45) is 0. The van der Waals surface area contributed by atoms with Crippen molar-refractivity contribution in [1.82, 2.24) is 0 Å². The van der Waals surface area contributed by atoms with Gasteiger partial charge in [0.2, 0.25) is 0 Å². The zero-order valence-electron chi connectivity index (χ0n) is 12.3. The molecule has 2 rings (SSSR count). The van der Waals surface area contributed by atoms with Crippen molar-refractivity contribution >= 4 is 41.4 Å². The number of phenolic OH excluding ortho intramolecular Hbond substituents is 1. The van der Waals surface area contributed by atoms with Gasteiger partial charge in [-0.2, -0.15) is 5.26 Å². The van der Waals surface area contributed by atoms with Crippen LogP contribution in [0, 0.1) is 11.3 Å². The molecule has 0 saturated heterocycles. The topological polar surface area (TPSA) is 96.3 Å². The number of hydrogen-bond donors (Lipinski definition) is 2. The van der Waals surface area contributed by atoms with Crippen LogP contribution in [-0.2, 0) is 6.54 Å². The minimum atomic E-state index is -0.363. The molecule has 0 heterocycles. The third kappa shape index (κ3) is 4.11. The summed E-state index contributed by atoms with van der Waals surface area (Å²) in [5.41, 5.74) is 6.48. The number of hydrogen-bond acceptors (Lipinski definition) is 5. The van der Waals surface area contributed by atoms with Gasteiger partial charge >= 0.3 is 0 Å². The first-order valence-corrected chi connectivity index (χ1v) is 7.29. The molecule has 5 nitrogen and oxygen atoms in total. The molecule has 24 heavy (non-hydrogen) atoms. The first-order valence-electron chi connectivity index (χ1n) is 6.54. The van der Waals surface area contributed by atoms with Crippen LogP contribution in [0.5, 0.6) is 11.5 Å². The predicted octanol–water partition coefficient (Wildman–Crippen LogP) is 3.71. The summed E-state index contributed by atoms with van der Waals surface area (Å²) in [4.78, 5) is 12.6. The molecule has 0 aromatic heterocycles. The Morgan fingerprint density at radius 3 is 2.58 bits per heavy atom. The van der Waals surface area contributed by atoms with Gasteiger partial charge in [-0.15, -0.1) is 12.4 Å². The average Bonchev–Trinajstić information content (AvgIpc) is 2.56. The quantitative estimate of drug-likeness (QED) is 0.762. The monoisotopic (exact) mass is 386 g/mol. The van der Waals surface area contributed by atoms with Gasteiger partial charge in [-0.3, -0.25) is 4.79 Å². The molecule has 2 aromatic rings. The number of phenols is 1. The molecule has 3 N–H and O–H groups in total. The Balaban J connectivity index is 0.00000288. The number of ketones is 1. The van der Waals surface area contributed by atoms with Crippen molar-refractivity contribution in [3.05, 3.63) is 57.1 Å². The van der Waals surface area contributed by atoms with Crippen molar-refractivity contribution in [3.8, 4) is 17.6 Å². The second-order valence-corrected chi connectivity index (χ2v) is 5.32. The summed E-state index contributed by atoms with van der Waals surface area (Å²) in [6.45, 7) is -0.0798. The fraction of sp³-hybridized carbons (Fsp3) is 0.125. The van der Waals surface area contributed by atoms with E-state index in [0.29, 0.717) is 11.1 Å². The molecular weight excluding hydrogens is 375 g/mol. The van der Waals surface area contributed by atoms with E-state index in [0.717, 1.165) is 0 Å². The smallest absolute Gasteiger partial charge is 0.194 e. The Labute approximate surface area is 155 Å². The maximum absolute atomic E-state index is 12.6. The number of nitrogens with two attached hydrogens (primary N) is 1. The van der Waals surface area contributed by atoms with Crippen molar-refractivity contribution in [2.45, 2.75) is 6.54 Å². The van der Waals surface area contributed by atoms with Crippen LogP contribution in [0.2, 0.25) is 10.0 Å². The molecule has 0 atom stereocenters. The minimum absolute atomic E-state index is 0. The fourth-order valence-electron chi connectivity index (χ4n) is 1.97. The lowest BCUT2D eigenvalue weighted by molar-refractivity contribution is 0.103. The number of aromatic hydroxyl groups is 1. The third-order valence-corrected chi connectivity index (χ3v) is 4.01. The second-order valence-electron chi connectivity index (χ2n) is 4.56. The van der Waals surface area contributed by atoms with E-state index in [1.54, 1.807) is 0 Å². The highest BCUT2D eigenvalue weighted by Gasteiger charge is 2.19. The average molecular weight is 388 g/mol. The number of nitriles is 1. The molecule has 0 radical (unpaired) electrons. The molecule has 0 unspecified atom stereocenters. The summed E-state index contributed by atoms with van der Waals surface area (Å²) >= 11 is 12.2. The predicted molar refractivity (Wildman–Crippen MR) is 94.2 cm³/mol. The maximum atomic E-state index is 12.6. The second kappa shape index (κ2) is 8.76. The zero-order chi connectivity index (χ0) is 17.0. The van der Waals surface area contributed by atoms with E-state index in [1.165, 1.54) is 30.3 Å². The lowest BCUT2D eigenvalue weighted by Gasteiger charge is -2.10. The van der Waals surface area contributed by atoms with E-state index >= 15 is 0 Å².